The first kappa shape index (κ1) is 78.1. The third-order valence-electron chi connectivity index (χ3n) is 28.0. The first-order valence-electron chi connectivity index (χ1n) is 46.9. The van der Waals surface area contributed by atoms with E-state index < -0.39 is 29.5 Å². The maximum Gasteiger partial charge on any atom is 0.216 e. The molecule has 6 aromatic carbocycles. The lowest BCUT2D eigenvalue weighted by molar-refractivity contribution is -0.661. The van der Waals surface area contributed by atoms with Crippen molar-refractivity contribution in [3.63, 3.8) is 0 Å². The summed E-state index contributed by atoms with van der Waals surface area (Å²) in [4.78, 5) is 0. The van der Waals surface area contributed by atoms with Crippen molar-refractivity contribution in [2.24, 2.45) is 47.7 Å². The average molecular weight is 1570 g/mol. The van der Waals surface area contributed by atoms with E-state index >= 15 is 0 Å². The highest BCUT2D eigenvalue weighted by Crippen LogP contribution is 2.66. The van der Waals surface area contributed by atoms with E-state index in [1.54, 1.807) is 11.1 Å². The highest BCUT2D eigenvalue weighted by molar-refractivity contribution is 5.73. The lowest BCUT2D eigenvalue weighted by Crippen LogP contribution is -2.34. The average Bonchev–Trinajstić information content (AvgIpc) is 1.50. The summed E-state index contributed by atoms with van der Waals surface area (Å²) in [7, 11) is 12.7. The van der Waals surface area contributed by atoms with E-state index in [1.807, 2.05) is 7.05 Å². The molecule has 6 aromatic heterocycles. The van der Waals surface area contributed by atoms with E-state index in [0.29, 0.717) is 12.3 Å². The fourth-order valence-corrected chi connectivity index (χ4v) is 21.9. The quantitative estimate of drug-likeness (QED) is 0.109. The van der Waals surface area contributed by atoms with Crippen LogP contribution in [0.5, 0.6) is 0 Å². The number of nitrogens with zero attached hydrogens (tertiary/aromatic N) is 6. The van der Waals surface area contributed by atoms with Crippen molar-refractivity contribution >= 4 is 0 Å². The zero-order valence-electron chi connectivity index (χ0n) is 80.5. The summed E-state index contributed by atoms with van der Waals surface area (Å²) in [6.45, 7) is 35.5. The largest absolute Gasteiger partial charge is 0.216 e. The Bertz CT molecular complexity index is 5880. The second-order valence-corrected chi connectivity index (χ2v) is 37.0. The van der Waals surface area contributed by atoms with Crippen molar-refractivity contribution in [3.05, 3.63) is 320 Å². The summed E-state index contributed by atoms with van der Waals surface area (Å²) in [5.74, 6) is -0.585. The Kier molecular flexibility index (Phi) is 23.3. The van der Waals surface area contributed by atoms with Gasteiger partial charge in [0.05, 0.1) is 0 Å². The monoisotopic (exact) mass is 1570 g/mol. The number of hydrogen-bond acceptors (Lipinski definition) is 0. The number of fused-ring (bicyclic) bond motifs is 16. The van der Waals surface area contributed by atoms with Crippen LogP contribution in [0.2, 0.25) is 0 Å². The van der Waals surface area contributed by atoms with Crippen LogP contribution in [0.15, 0.2) is 231 Å². The van der Waals surface area contributed by atoms with Crippen LogP contribution in [-0.4, -0.2) is 0 Å². The van der Waals surface area contributed by atoms with Crippen molar-refractivity contribution in [2.75, 3.05) is 0 Å². The predicted molar refractivity (Wildman–Crippen MR) is 491 cm³/mol. The lowest BCUT2D eigenvalue weighted by atomic mass is 9.79. The molecule has 0 aliphatic heterocycles. The minimum absolute atomic E-state index is 0.218. The molecule has 19 rings (SSSR count). The van der Waals surface area contributed by atoms with Crippen LogP contribution in [0, 0.1) is 47.0 Å². The number of rotatable bonds is 12. The molecule has 6 nitrogen and oxygen atoms in total. The van der Waals surface area contributed by atoms with Crippen LogP contribution in [-0.2, 0) is 53.1 Å². The Morgan fingerprint density at radius 2 is 0.737 bits per heavy atom. The van der Waals surface area contributed by atoms with E-state index in [9.17, 15) is 1.37 Å². The standard InChI is InChI=1S/C20H24N.C20H26N.2C18H20N.2C18H24N/c1-13-7-5-6-8-14(13)19-18-15(11-12-21(19)4)16-9-10-17(18)20(16,2)3;1-14-9-7-8-10-15(14)18-17-16(11-12-21(18)6)19(2,3)13-20(17,4)5;2*1-12-5-3-4-6-15(12)18-17-14-8-7-13(11-14)16(17)9-10-19(18)2;2*1-5-15(6-2)16-11-12-18(19(4)13-16)17-10-8-7-9-14(17)3/h5-8,11-12,16-17H,9-10H2,1-4H3;7-12H,13H2,1-6H3;2*3-6,9-10,13-14H,7-8,11H2,1-2H3;2*7-13,15H,5-6H2,1-4H3/q6*+1/i16D,17D;;13D,14D;;15D;. The molecular weight excluding hydrogens is 1430 g/mol. The van der Waals surface area contributed by atoms with Crippen molar-refractivity contribution in [1.82, 2.24) is 0 Å². The van der Waals surface area contributed by atoms with E-state index in [-0.39, 0.29) is 16.2 Å². The molecule has 6 heteroatoms. The Labute approximate surface area is 717 Å². The normalized spacial score (nSPS) is 22.1. The van der Waals surface area contributed by atoms with E-state index in [1.165, 1.54) is 145 Å². The molecule has 6 atom stereocenters. The number of aryl methyl sites for hydroxylation is 12. The Morgan fingerprint density at radius 1 is 0.347 bits per heavy atom. The molecule has 7 aliphatic carbocycles. The fourth-order valence-electron chi connectivity index (χ4n) is 21.9. The summed E-state index contributed by atoms with van der Waals surface area (Å²) in [5.41, 5.74) is 36.4. The fraction of sp³-hybridized carbons (Fsp3) is 0.411. The highest BCUT2D eigenvalue weighted by atomic mass is 15.0. The van der Waals surface area contributed by atoms with Crippen LogP contribution in [0.3, 0.4) is 0 Å². The Balaban J connectivity index is 0.000000120. The van der Waals surface area contributed by atoms with Gasteiger partial charge in [-0.25, -0.2) is 27.4 Å². The molecular formula is C112H138N6+6. The smallest absolute Gasteiger partial charge is 0.201 e. The molecule has 118 heavy (non-hydrogen) atoms. The van der Waals surface area contributed by atoms with Crippen molar-refractivity contribution in [1.29, 1.82) is 0 Å². The first-order valence-corrected chi connectivity index (χ1v) is 44.4. The molecule has 12 aromatic rings. The van der Waals surface area contributed by atoms with Gasteiger partial charge in [0.2, 0.25) is 34.2 Å². The van der Waals surface area contributed by atoms with Gasteiger partial charge in [-0.15, -0.1) is 0 Å². The summed E-state index contributed by atoms with van der Waals surface area (Å²) in [6.07, 6.45) is 26.3. The maximum absolute atomic E-state index is 9.30. The summed E-state index contributed by atoms with van der Waals surface area (Å²) in [6, 6.07) is 68.9. The van der Waals surface area contributed by atoms with Crippen LogP contribution >= 0.6 is 0 Å². The van der Waals surface area contributed by atoms with Crippen molar-refractivity contribution < 1.29 is 34.3 Å². The van der Waals surface area contributed by atoms with Crippen molar-refractivity contribution in [3.8, 4) is 67.5 Å². The molecule has 6 unspecified atom stereocenters. The lowest BCUT2D eigenvalue weighted by Gasteiger charge is -2.24. The SMILES string of the molecule is CCC(CC)c1ccc(-c2ccccc2C)[n+](C)c1.Cc1ccccc1-c1c2c(cc[n+]1C)C(C)(C)CC2(C)C.Cc1ccccc1-c1c2c(cc[n+]1C)C1CCC2C1.[2H]C(CC)(CC)c1ccc(-c2ccccc2C)[n+](C)c1.[2H]C12CCC([2H])(C1)c1c2cc[n+](C)c1-c1ccccc1C.[2H]C12CCC([2H])(c3c1cc[n+](C)c3-c1ccccc1C)C2(C)C. The molecule has 7 aliphatic rings. The van der Waals surface area contributed by atoms with E-state index in [0.717, 1.165) is 89.6 Å². The molecule has 0 radical (unpaired) electrons. The molecule has 3 saturated carbocycles. The zero-order chi connectivity index (χ0) is 88.4. The molecule has 0 saturated heterocycles. The zero-order valence-corrected chi connectivity index (χ0v) is 75.5. The second kappa shape index (κ2) is 35.3. The number of benzene rings is 6. The molecule has 610 valence electrons. The second-order valence-electron chi connectivity index (χ2n) is 37.0. The molecule has 0 N–H and O–H groups in total. The minimum atomic E-state index is -0.680. The van der Waals surface area contributed by atoms with Crippen LogP contribution in [0.1, 0.15) is 296 Å². The van der Waals surface area contributed by atoms with Gasteiger partial charge in [-0.1, -0.05) is 178 Å². The van der Waals surface area contributed by atoms with Crippen LogP contribution in [0.25, 0.3) is 67.5 Å². The van der Waals surface area contributed by atoms with Gasteiger partial charge in [0.25, 0.3) is 0 Å². The summed E-state index contributed by atoms with van der Waals surface area (Å²) < 4.78 is 57.9. The highest BCUT2D eigenvalue weighted by Gasteiger charge is 2.55. The predicted octanol–water partition coefficient (Wildman–Crippen LogP) is 25.4. The van der Waals surface area contributed by atoms with Gasteiger partial charge in [-0.3, -0.25) is 0 Å². The van der Waals surface area contributed by atoms with Crippen molar-refractivity contribution in [2.45, 2.75) is 252 Å². The van der Waals surface area contributed by atoms with Gasteiger partial charge in [-0.05, 0) is 293 Å². The topological polar surface area (TPSA) is 23.3 Å². The first-order chi connectivity index (χ1) is 58.4. The number of hydrogen-bond donors (Lipinski definition) is 0. The maximum atomic E-state index is 9.30. The molecule has 0 amide bonds. The number of aromatic nitrogens is 6. The third kappa shape index (κ3) is 16.5. The molecule has 0 spiro atoms. The van der Waals surface area contributed by atoms with Crippen LogP contribution in [0.4, 0.5) is 0 Å². The van der Waals surface area contributed by atoms with Crippen LogP contribution < -0.4 is 27.4 Å². The van der Waals surface area contributed by atoms with E-state index in [4.69, 9.17) is 5.48 Å². The molecule has 6 heterocycles. The van der Waals surface area contributed by atoms with Gasteiger partial charge in [-0.2, -0.15) is 0 Å². The van der Waals surface area contributed by atoms with Gasteiger partial charge in [0, 0.05) is 110 Å². The van der Waals surface area contributed by atoms with Gasteiger partial charge >= 0.3 is 0 Å². The Morgan fingerprint density at radius 3 is 1.21 bits per heavy atom. The third-order valence-corrected chi connectivity index (χ3v) is 28.0. The van der Waals surface area contributed by atoms with Gasteiger partial charge in [0.1, 0.15) is 42.3 Å². The van der Waals surface area contributed by atoms with Gasteiger partial charge < -0.3 is 0 Å². The summed E-state index contributed by atoms with van der Waals surface area (Å²) in [5, 5.41) is 0. The summed E-state index contributed by atoms with van der Waals surface area (Å²) >= 11 is 0. The van der Waals surface area contributed by atoms with E-state index in [2.05, 4.69) is 405 Å². The molecule has 6 bridgehead atoms. The minimum Gasteiger partial charge on any atom is -0.201 e. The molecule has 3 fully saturated rings. The number of pyridine rings is 6. The Hall–Kier alpha value is -9.78. The van der Waals surface area contributed by atoms with Gasteiger partial charge in [0.15, 0.2) is 37.2 Å².